The fourth-order valence-corrected chi connectivity index (χ4v) is 2.32. The van der Waals surface area contributed by atoms with E-state index in [0.717, 1.165) is 11.1 Å². The lowest BCUT2D eigenvalue weighted by Gasteiger charge is -2.08. The third kappa shape index (κ3) is 2.66. The summed E-state index contributed by atoms with van der Waals surface area (Å²) >= 11 is 0. The van der Waals surface area contributed by atoms with E-state index in [1.165, 1.54) is 6.20 Å². The summed E-state index contributed by atoms with van der Waals surface area (Å²) in [6, 6.07) is 3.39. The lowest BCUT2D eigenvalue weighted by atomic mass is 10.3. The van der Waals surface area contributed by atoms with Gasteiger partial charge in [-0.25, -0.2) is 9.67 Å². The lowest BCUT2D eigenvalue weighted by molar-refractivity contribution is 0.101. The average molecular weight is 312 g/mol. The first-order valence-corrected chi connectivity index (χ1v) is 6.99. The summed E-state index contributed by atoms with van der Waals surface area (Å²) in [5.74, 6) is 0.484. The standard InChI is InChI=1S/C15H16N6O2/c1-4-8-23-10-6-5-7-16-12(10)15(22)17-13-11-9(2)20-21(3)14(11)19-18-13/h4-7H,1,8H2,2-3H3,(H2,17,18,19,22). The van der Waals surface area contributed by atoms with Crippen LogP contribution in [0, 0.1) is 6.92 Å². The van der Waals surface area contributed by atoms with Gasteiger partial charge in [-0.15, -0.1) is 0 Å². The summed E-state index contributed by atoms with van der Waals surface area (Å²) in [5.41, 5.74) is 1.64. The summed E-state index contributed by atoms with van der Waals surface area (Å²) in [6.45, 7) is 5.74. The van der Waals surface area contributed by atoms with Crippen LogP contribution >= 0.6 is 0 Å². The van der Waals surface area contributed by atoms with Crippen LogP contribution in [0.1, 0.15) is 16.2 Å². The number of carbonyl (C=O) groups is 1. The summed E-state index contributed by atoms with van der Waals surface area (Å²) in [5, 5.41) is 14.8. The monoisotopic (exact) mass is 312 g/mol. The Morgan fingerprint density at radius 3 is 3.17 bits per heavy atom. The van der Waals surface area contributed by atoms with Crippen molar-refractivity contribution in [1.29, 1.82) is 0 Å². The Hall–Kier alpha value is -3.16. The molecule has 0 saturated heterocycles. The van der Waals surface area contributed by atoms with Gasteiger partial charge in [-0.2, -0.15) is 10.2 Å². The van der Waals surface area contributed by atoms with Crippen molar-refractivity contribution in [2.75, 3.05) is 11.9 Å². The Balaban J connectivity index is 1.91. The molecule has 8 nitrogen and oxygen atoms in total. The molecular formula is C15H16N6O2. The molecule has 0 saturated carbocycles. The summed E-state index contributed by atoms with van der Waals surface area (Å²) in [7, 11) is 1.79. The third-order valence-corrected chi connectivity index (χ3v) is 3.30. The zero-order valence-electron chi connectivity index (χ0n) is 12.8. The number of hydrogen-bond acceptors (Lipinski definition) is 5. The largest absolute Gasteiger partial charge is 0.487 e. The summed E-state index contributed by atoms with van der Waals surface area (Å²) < 4.78 is 7.11. The van der Waals surface area contributed by atoms with Crippen LogP contribution in [0.3, 0.4) is 0 Å². The van der Waals surface area contributed by atoms with E-state index in [9.17, 15) is 4.79 Å². The molecule has 0 radical (unpaired) electrons. The maximum atomic E-state index is 12.5. The van der Waals surface area contributed by atoms with E-state index in [1.54, 1.807) is 29.9 Å². The topological polar surface area (TPSA) is 97.7 Å². The smallest absolute Gasteiger partial charge is 0.279 e. The number of carbonyl (C=O) groups excluding carboxylic acids is 1. The highest BCUT2D eigenvalue weighted by Gasteiger charge is 2.19. The predicted octanol–water partition coefficient (Wildman–Crippen LogP) is 1.82. The van der Waals surface area contributed by atoms with Crippen LogP contribution in [0.15, 0.2) is 31.0 Å². The fraction of sp³-hybridized carbons (Fsp3) is 0.200. The van der Waals surface area contributed by atoms with Crippen LogP contribution in [-0.2, 0) is 7.05 Å². The van der Waals surface area contributed by atoms with E-state index >= 15 is 0 Å². The van der Waals surface area contributed by atoms with Gasteiger partial charge >= 0.3 is 0 Å². The number of aromatic nitrogens is 5. The molecule has 0 aromatic carbocycles. The first-order valence-electron chi connectivity index (χ1n) is 6.99. The van der Waals surface area contributed by atoms with Crippen LogP contribution < -0.4 is 10.1 Å². The van der Waals surface area contributed by atoms with Gasteiger partial charge in [0.15, 0.2) is 17.1 Å². The molecule has 0 spiro atoms. The van der Waals surface area contributed by atoms with Crippen molar-refractivity contribution in [2.45, 2.75) is 6.92 Å². The Labute approximate surface area is 132 Å². The molecule has 8 heteroatoms. The maximum Gasteiger partial charge on any atom is 0.279 e. The highest BCUT2D eigenvalue weighted by molar-refractivity contribution is 6.08. The van der Waals surface area contributed by atoms with E-state index in [-0.39, 0.29) is 5.69 Å². The van der Waals surface area contributed by atoms with Crippen molar-refractivity contribution in [3.8, 4) is 5.75 Å². The minimum Gasteiger partial charge on any atom is -0.487 e. The Bertz CT molecular complexity index is 879. The molecule has 0 fully saturated rings. The van der Waals surface area contributed by atoms with Crippen molar-refractivity contribution >= 4 is 22.8 Å². The van der Waals surface area contributed by atoms with Crippen LogP contribution in [0.5, 0.6) is 5.75 Å². The minimum absolute atomic E-state index is 0.193. The van der Waals surface area contributed by atoms with Gasteiger partial charge in [0.05, 0.1) is 11.1 Å². The number of aryl methyl sites for hydroxylation is 2. The van der Waals surface area contributed by atoms with Crippen LogP contribution in [-0.4, -0.2) is 37.5 Å². The first-order chi connectivity index (χ1) is 11.1. The predicted molar refractivity (Wildman–Crippen MR) is 85.5 cm³/mol. The van der Waals surface area contributed by atoms with E-state index in [4.69, 9.17) is 4.74 Å². The van der Waals surface area contributed by atoms with Gasteiger partial charge in [0.25, 0.3) is 5.91 Å². The quantitative estimate of drug-likeness (QED) is 0.700. The second kappa shape index (κ2) is 5.91. The number of rotatable bonds is 5. The summed E-state index contributed by atoms with van der Waals surface area (Å²) in [6.07, 6.45) is 3.14. The van der Waals surface area contributed by atoms with E-state index in [1.807, 2.05) is 6.92 Å². The number of fused-ring (bicyclic) bond motifs is 1. The third-order valence-electron chi connectivity index (χ3n) is 3.30. The molecule has 1 amide bonds. The van der Waals surface area contributed by atoms with Gasteiger partial charge in [-0.1, -0.05) is 12.7 Å². The van der Waals surface area contributed by atoms with E-state index in [0.29, 0.717) is 23.8 Å². The maximum absolute atomic E-state index is 12.5. The van der Waals surface area contributed by atoms with E-state index < -0.39 is 5.91 Å². The van der Waals surface area contributed by atoms with Crippen molar-refractivity contribution in [3.63, 3.8) is 0 Å². The Morgan fingerprint density at radius 1 is 1.57 bits per heavy atom. The van der Waals surface area contributed by atoms with Gasteiger partial charge in [0.1, 0.15) is 12.4 Å². The number of nitrogens with zero attached hydrogens (tertiary/aromatic N) is 4. The van der Waals surface area contributed by atoms with Crippen molar-refractivity contribution < 1.29 is 9.53 Å². The zero-order chi connectivity index (χ0) is 16.4. The number of anilines is 1. The molecule has 3 aromatic rings. The van der Waals surface area contributed by atoms with Crippen molar-refractivity contribution in [2.24, 2.45) is 7.05 Å². The Kier molecular flexibility index (Phi) is 3.80. The molecule has 2 N–H and O–H groups in total. The minimum atomic E-state index is -0.390. The molecule has 0 aliphatic heterocycles. The summed E-state index contributed by atoms with van der Waals surface area (Å²) in [4.78, 5) is 16.6. The molecule has 118 valence electrons. The number of aromatic amines is 1. The molecule has 0 aliphatic rings. The molecule has 3 rings (SSSR count). The molecule has 23 heavy (non-hydrogen) atoms. The van der Waals surface area contributed by atoms with E-state index in [2.05, 4.69) is 32.2 Å². The molecule has 0 unspecified atom stereocenters. The number of H-pyrrole nitrogens is 1. The molecular weight excluding hydrogens is 296 g/mol. The van der Waals surface area contributed by atoms with Gasteiger partial charge in [-0.3, -0.25) is 9.89 Å². The van der Waals surface area contributed by atoms with Crippen LogP contribution in [0.25, 0.3) is 11.0 Å². The number of nitrogens with one attached hydrogen (secondary N) is 2. The van der Waals surface area contributed by atoms with Gasteiger partial charge in [0, 0.05) is 13.2 Å². The second-order valence-corrected chi connectivity index (χ2v) is 4.91. The van der Waals surface area contributed by atoms with Crippen LogP contribution in [0.4, 0.5) is 5.82 Å². The van der Waals surface area contributed by atoms with Crippen LogP contribution in [0.2, 0.25) is 0 Å². The van der Waals surface area contributed by atoms with Gasteiger partial charge in [0.2, 0.25) is 0 Å². The SMILES string of the molecule is C=CCOc1cccnc1C(=O)Nc1[nH]nc2c1c(C)nn2C. The number of ether oxygens (including phenoxy) is 1. The zero-order valence-corrected chi connectivity index (χ0v) is 12.8. The fourth-order valence-electron chi connectivity index (χ4n) is 2.32. The van der Waals surface area contributed by atoms with Gasteiger partial charge in [-0.05, 0) is 19.1 Å². The normalized spacial score (nSPS) is 10.7. The van der Waals surface area contributed by atoms with Crippen molar-refractivity contribution in [3.05, 3.63) is 42.4 Å². The number of pyridine rings is 1. The Morgan fingerprint density at radius 2 is 2.39 bits per heavy atom. The molecule has 0 atom stereocenters. The molecule has 0 aliphatic carbocycles. The second-order valence-electron chi connectivity index (χ2n) is 4.91. The average Bonchev–Trinajstić information content (AvgIpc) is 3.08. The molecule has 3 aromatic heterocycles. The molecule has 3 heterocycles. The lowest BCUT2D eigenvalue weighted by Crippen LogP contribution is -2.16. The number of amides is 1. The highest BCUT2D eigenvalue weighted by Crippen LogP contribution is 2.24. The van der Waals surface area contributed by atoms with Gasteiger partial charge < -0.3 is 10.1 Å². The first kappa shape index (κ1) is 14.8. The number of hydrogen-bond donors (Lipinski definition) is 2. The molecule has 0 bridgehead atoms. The highest BCUT2D eigenvalue weighted by atomic mass is 16.5. The van der Waals surface area contributed by atoms with Crippen molar-refractivity contribution in [1.82, 2.24) is 25.0 Å².